The highest BCUT2D eigenvalue weighted by Crippen LogP contribution is 2.39. The Hall–Kier alpha value is -1.59. The summed E-state index contributed by atoms with van der Waals surface area (Å²) >= 11 is 0. The first-order valence-corrected chi connectivity index (χ1v) is 5.97. The van der Waals surface area contributed by atoms with E-state index in [1.165, 1.54) is 0 Å². The van der Waals surface area contributed by atoms with E-state index in [1.807, 2.05) is 25.1 Å². The van der Waals surface area contributed by atoms with Crippen LogP contribution in [0.4, 0.5) is 0 Å². The van der Waals surface area contributed by atoms with E-state index in [0.717, 1.165) is 16.9 Å². The molecule has 18 heavy (non-hydrogen) atoms. The smallest absolute Gasteiger partial charge is 0.329 e. The SMILES string of the molecule is CCOc1cccc2c1C(OCC(=O)O)C(N)C2. The molecule has 2 rings (SSSR count). The third kappa shape index (κ3) is 2.47. The topological polar surface area (TPSA) is 81.8 Å². The number of benzene rings is 1. The largest absolute Gasteiger partial charge is 0.493 e. The number of ether oxygens (including phenoxy) is 2. The summed E-state index contributed by atoms with van der Waals surface area (Å²) in [5.74, 6) is -0.261. The van der Waals surface area contributed by atoms with Gasteiger partial charge in [-0.2, -0.15) is 0 Å². The van der Waals surface area contributed by atoms with Gasteiger partial charge in [-0.25, -0.2) is 4.79 Å². The molecule has 0 spiro atoms. The molecule has 3 N–H and O–H groups in total. The third-order valence-corrected chi connectivity index (χ3v) is 2.97. The van der Waals surface area contributed by atoms with Crippen LogP contribution in [-0.4, -0.2) is 30.3 Å². The van der Waals surface area contributed by atoms with Crippen molar-refractivity contribution in [1.29, 1.82) is 0 Å². The highest BCUT2D eigenvalue weighted by Gasteiger charge is 2.33. The zero-order valence-corrected chi connectivity index (χ0v) is 10.3. The number of nitrogens with two attached hydrogens (primary N) is 1. The van der Waals surface area contributed by atoms with Gasteiger partial charge in [-0.3, -0.25) is 0 Å². The van der Waals surface area contributed by atoms with Gasteiger partial charge in [0.1, 0.15) is 18.5 Å². The van der Waals surface area contributed by atoms with E-state index in [-0.39, 0.29) is 12.6 Å². The minimum atomic E-state index is -0.996. The van der Waals surface area contributed by atoms with E-state index >= 15 is 0 Å². The van der Waals surface area contributed by atoms with E-state index in [2.05, 4.69) is 0 Å². The summed E-state index contributed by atoms with van der Waals surface area (Å²) in [6, 6.07) is 5.52. The molecular weight excluding hydrogens is 234 g/mol. The van der Waals surface area contributed by atoms with Crippen molar-refractivity contribution >= 4 is 5.97 Å². The van der Waals surface area contributed by atoms with Crippen molar-refractivity contribution in [3.63, 3.8) is 0 Å². The Kier molecular flexibility index (Phi) is 3.84. The molecule has 5 heteroatoms. The molecular formula is C13H17NO4. The van der Waals surface area contributed by atoms with Crippen molar-refractivity contribution in [3.05, 3.63) is 29.3 Å². The molecule has 2 atom stereocenters. The number of hydrogen-bond donors (Lipinski definition) is 2. The summed E-state index contributed by atoms with van der Waals surface area (Å²) < 4.78 is 10.9. The first kappa shape index (κ1) is 12.9. The van der Waals surface area contributed by atoms with Gasteiger partial charge in [0.25, 0.3) is 0 Å². The Labute approximate surface area is 106 Å². The van der Waals surface area contributed by atoms with Crippen LogP contribution in [0.2, 0.25) is 0 Å². The normalized spacial score (nSPS) is 21.7. The molecule has 0 saturated carbocycles. The van der Waals surface area contributed by atoms with Crippen LogP contribution in [0.25, 0.3) is 0 Å². The van der Waals surface area contributed by atoms with E-state index in [9.17, 15) is 4.79 Å². The van der Waals surface area contributed by atoms with Gasteiger partial charge in [0, 0.05) is 11.6 Å². The molecule has 0 fully saturated rings. The maximum absolute atomic E-state index is 10.6. The van der Waals surface area contributed by atoms with Gasteiger partial charge in [0.2, 0.25) is 0 Å². The minimum absolute atomic E-state index is 0.221. The summed E-state index contributed by atoms with van der Waals surface area (Å²) in [7, 11) is 0. The van der Waals surface area contributed by atoms with Crippen molar-refractivity contribution in [1.82, 2.24) is 0 Å². The number of fused-ring (bicyclic) bond motifs is 1. The molecule has 1 aliphatic carbocycles. The van der Waals surface area contributed by atoms with Gasteiger partial charge in [-0.05, 0) is 25.0 Å². The van der Waals surface area contributed by atoms with Crippen LogP contribution < -0.4 is 10.5 Å². The van der Waals surface area contributed by atoms with Gasteiger partial charge < -0.3 is 20.3 Å². The Balaban J connectivity index is 2.26. The number of carboxylic acids is 1. The van der Waals surface area contributed by atoms with Gasteiger partial charge in [0.15, 0.2) is 0 Å². The summed E-state index contributed by atoms with van der Waals surface area (Å²) in [5, 5.41) is 8.68. The number of aliphatic carboxylic acids is 1. The maximum Gasteiger partial charge on any atom is 0.329 e. The lowest BCUT2D eigenvalue weighted by Gasteiger charge is -2.19. The minimum Gasteiger partial charge on any atom is -0.493 e. The van der Waals surface area contributed by atoms with Crippen LogP contribution in [0.1, 0.15) is 24.2 Å². The van der Waals surface area contributed by atoms with Gasteiger partial charge in [-0.15, -0.1) is 0 Å². The van der Waals surface area contributed by atoms with E-state index in [4.69, 9.17) is 20.3 Å². The van der Waals surface area contributed by atoms with Gasteiger partial charge in [-0.1, -0.05) is 12.1 Å². The van der Waals surface area contributed by atoms with Crippen LogP contribution in [0.3, 0.4) is 0 Å². The molecule has 0 amide bonds. The Morgan fingerprint density at radius 3 is 3.00 bits per heavy atom. The van der Waals surface area contributed by atoms with Gasteiger partial charge >= 0.3 is 5.97 Å². The molecule has 2 unspecified atom stereocenters. The summed E-state index contributed by atoms with van der Waals surface area (Å²) in [6.07, 6.45) is 0.277. The predicted octanol–water partition coefficient (Wildman–Crippen LogP) is 1.11. The van der Waals surface area contributed by atoms with Crippen LogP contribution in [-0.2, 0) is 16.0 Å². The van der Waals surface area contributed by atoms with Crippen molar-refractivity contribution in [2.45, 2.75) is 25.5 Å². The lowest BCUT2D eigenvalue weighted by molar-refractivity contribution is -0.144. The van der Waals surface area contributed by atoms with Crippen molar-refractivity contribution in [2.24, 2.45) is 5.73 Å². The molecule has 98 valence electrons. The quantitative estimate of drug-likeness (QED) is 0.819. The second-order valence-corrected chi connectivity index (χ2v) is 4.26. The number of rotatable bonds is 5. The van der Waals surface area contributed by atoms with Gasteiger partial charge in [0.05, 0.1) is 6.61 Å². The first-order chi connectivity index (χ1) is 8.63. The zero-order valence-electron chi connectivity index (χ0n) is 10.3. The second-order valence-electron chi connectivity index (χ2n) is 4.26. The highest BCUT2D eigenvalue weighted by molar-refractivity contribution is 5.68. The fraction of sp³-hybridized carbons (Fsp3) is 0.462. The summed E-state index contributed by atoms with van der Waals surface area (Å²) in [4.78, 5) is 10.6. The summed E-state index contributed by atoms with van der Waals surface area (Å²) in [6.45, 7) is 2.11. The van der Waals surface area contributed by atoms with E-state index in [0.29, 0.717) is 13.0 Å². The zero-order chi connectivity index (χ0) is 13.1. The number of carbonyl (C=O) groups is 1. The average molecular weight is 251 g/mol. The fourth-order valence-corrected chi connectivity index (χ4v) is 2.31. The predicted molar refractivity (Wildman–Crippen MR) is 65.6 cm³/mol. The fourth-order valence-electron chi connectivity index (χ4n) is 2.31. The van der Waals surface area contributed by atoms with Crippen LogP contribution in [0, 0.1) is 0 Å². The highest BCUT2D eigenvalue weighted by atomic mass is 16.5. The van der Waals surface area contributed by atoms with E-state index in [1.54, 1.807) is 0 Å². The average Bonchev–Trinajstić information content (AvgIpc) is 2.63. The van der Waals surface area contributed by atoms with Crippen molar-refractivity contribution in [2.75, 3.05) is 13.2 Å². The van der Waals surface area contributed by atoms with Crippen LogP contribution in [0.5, 0.6) is 5.75 Å². The first-order valence-electron chi connectivity index (χ1n) is 5.97. The number of carboxylic acid groups (broad SMARTS) is 1. The van der Waals surface area contributed by atoms with Crippen LogP contribution in [0.15, 0.2) is 18.2 Å². The molecule has 0 bridgehead atoms. The third-order valence-electron chi connectivity index (χ3n) is 2.97. The maximum atomic E-state index is 10.6. The standard InChI is InChI=1S/C13H17NO4/c1-2-17-10-5-3-4-8-6-9(14)13(12(8)10)18-7-11(15)16/h3-5,9,13H,2,6-7,14H2,1H3,(H,15,16). The van der Waals surface area contributed by atoms with E-state index < -0.39 is 12.1 Å². The second kappa shape index (κ2) is 5.37. The Morgan fingerprint density at radius 1 is 1.56 bits per heavy atom. The Morgan fingerprint density at radius 2 is 2.33 bits per heavy atom. The molecule has 0 aromatic heterocycles. The molecule has 0 aliphatic heterocycles. The molecule has 1 aromatic carbocycles. The molecule has 0 saturated heterocycles. The molecule has 1 aliphatic rings. The van der Waals surface area contributed by atoms with Crippen molar-refractivity contribution in [3.8, 4) is 5.75 Å². The van der Waals surface area contributed by atoms with Crippen molar-refractivity contribution < 1.29 is 19.4 Å². The lowest BCUT2D eigenvalue weighted by Crippen LogP contribution is -2.28. The lowest BCUT2D eigenvalue weighted by atomic mass is 10.1. The molecule has 0 radical (unpaired) electrons. The molecule has 5 nitrogen and oxygen atoms in total. The number of hydrogen-bond acceptors (Lipinski definition) is 4. The summed E-state index contributed by atoms with van der Waals surface area (Å²) in [5.41, 5.74) is 7.98. The van der Waals surface area contributed by atoms with Crippen LogP contribution >= 0.6 is 0 Å². The molecule has 0 heterocycles. The molecule has 1 aromatic rings. The monoisotopic (exact) mass is 251 g/mol. The Bertz CT molecular complexity index is 447.